The molecule has 1 aliphatic carbocycles. The van der Waals surface area contributed by atoms with Gasteiger partial charge < -0.3 is 19.8 Å². The number of piperidine rings is 1. The highest BCUT2D eigenvalue weighted by Gasteiger charge is 2.57. The van der Waals surface area contributed by atoms with Crippen LogP contribution in [0, 0.1) is 17.7 Å². The van der Waals surface area contributed by atoms with Gasteiger partial charge in [0, 0.05) is 41.7 Å². The number of aliphatic carboxylic acids is 2. The maximum absolute atomic E-state index is 16.6. The highest BCUT2D eigenvalue weighted by Crippen LogP contribution is 2.46. The summed E-state index contributed by atoms with van der Waals surface area (Å²) < 4.78 is 115. The third-order valence-corrected chi connectivity index (χ3v) is 10.7. The van der Waals surface area contributed by atoms with Crippen molar-refractivity contribution in [3.8, 4) is 17.3 Å². The number of anilines is 1. The fourth-order valence-corrected chi connectivity index (χ4v) is 8.34. The van der Waals surface area contributed by atoms with Crippen molar-refractivity contribution in [1.29, 1.82) is 0 Å². The number of ether oxygens (including phenoxy) is 1. The topological polar surface area (TPSA) is 129 Å². The fourth-order valence-electron chi connectivity index (χ4n) is 8.06. The average molecular weight is 822 g/mol. The lowest BCUT2D eigenvalue weighted by molar-refractivity contribution is -0.193. The van der Waals surface area contributed by atoms with Crippen molar-refractivity contribution >= 4 is 51.0 Å². The van der Waals surface area contributed by atoms with Crippen molar-refractivity contribution in [3.05, 3.63) is 53.4 Å². The van der Waals surface area contributed by atoms with E-state index in [1.165, 1.54) is 19.3 Å². The van der Waals surface area contributed by atoms with Crippen LogP contribution in [-0.2, 0) is 9.59 Å². The molecule has 2 N–H and O–H groups in total. The number of alkyl halides is 8. The summed E-state index contributed by atoms with van der Waals surface area (Å²) in [5.41, 5.74) is 0.0734. The molecule has 4 fully saturated rings. The first-order valence-corrected chi connectivity index (χ1v) is 17.7. The van der Waals surface area contributed by atoms with Crippen molar-refractivity contribution in [2.75, 3.05) is 37.7 Å². The first-order chi connectivity index (χ1) is 26.2. The van der Waals surface area contributed by atoms with Gasteiger partial charge in [0.25, 0.3) is 5.92 Å². The van der Waals surface area contributed by atoms with Gasteiger partial charge in [-0.3, -0.25) is 9.88 Å². The second kappa shape index (κ2) is 15.4. The highest BCUT2D eigenvalue weighted by molar-refractivity contribution is 6.36. The molecule has 10 nitrogen and oxygen atoms in total. The highest BCUT2D eigenvalue weighted by atomic mass is 35.5. The van der Waals surface area contributed by atoms with Crippen LogP contribution in [0.4, 0.5) is 45.3 Å². The molecule has 8 rings (SSSR count). The normalized spacial score (nSPS) is 22.9. The van der Waals surface area contributed by atoms with Gasteiger partial charge in [-0.25, -0.2) is 22.8 Å². The molecule has 4 aromatic rings. The van der Waals surface area contributed by atoms with Crippen molar-refractivity contribution < 1.29 is 64.1 Å². The number of rotatable bonds is 5. The van der Waals surface area contributed by atoms with E-state index in [1.54, 1.807) is 18.3 Å². The Hall–Kier alpha value is -4.65. The molecule has 2 aromatic carbocycles. The Morgan fingerprint density at radius 1 is 0.946 bits per heavy atom. The number of aromatic nitrogens is 3. The molecule has 0 spiro atoms. The van der Waals surface area contributed by atoms with Crippen LogP contribution in [0.2, 0.25) is 5.02 Å². The van der Waals surface area contributed by atoms with E-state index in [0.29, 0.717) is 52.0 Å². The summed E-state index contributed by atoms with van der Waals surface area (Å²) >= 11 is 6.58. The third-order valence-electron chi connectivity index (χ3n) is 10.4. The van der Waals surface area contributed by atoms with Gasteiger partial charge in [0.15, 0.2) is 5.82 Å². The smallest absolute Gasteiger partial charge is 0.475 e. The van der Waals surface area contributed by atoms with E-state index in [4.69, 9.17) is 41.1 Å². The van der Waals surface area contributed by atoms with Crippen LogP contribution in [0.5, 0.6) is 6.01 Å². The van der Waals surface area contributed by atoms with E-state index in [-0.39, 0.29) is 36.8 Å². The number of carbonyl (C=O) groups is 2. The van der Waals surface area contributed by atoms with Crippen LogP contribution < -0.4 is 9.64 Å². The first kappa shape index (κ1) is 41.0. The molecule has 1 saturated carbocycles. The molecule has 3 atom stereocenters. The number of carboxylic acid groups (broad SMARTS) is 2. The van der Waals surface area contributed by atoms with Gasteiger partial charge in [-0.05, 0) is 61.9 Å². The van der Waals surface area contributed by atoms with Crippen LogP contribution in [0.1, 0.15) is 38.5 Å². The summed E-state index contributed by atoms with van der Waals surface area (Å²) in [6.07, 6.45) is -3.74. The van der Waals surface area contributed by atoms with Gasteiger partial charge in [0.2, 0.25) is 0 Å². The quantitative estimate of drug-likeness (QED) is 0.190. The van der Waals surface area contributed by atoms with Gasteiger partial charge in [-0.2, -0.15) is 36.3 Å². The summed E-state index contributed by atoms with van der Waals surface area (Å²) in [6, 6.07) is 11.2. The lowest BCUT2D eigenvalue weighted by Gasteiger charge is -2.34. The van der Waals surface area contributed by atoms with E-state index in [1.807, 2.05) is 29.2 Å². The van der Waals surface area contributed by atoms with Crippen LogP contribution >= 0.6 is 11.6 Å². The Morgan fingerprint density at radius 3 is 2.16 bits per heavy atom. The number of carboxylic acids is 2. The Bertz CT molecular complexity index is 2100. The van der Waals surface area contributed by atoms with Crippen molar-refractivity contribution in [1.82, 2.24) is 19.9 Å². The van der Waals surface area contributed by atoms with Crippen LogP contribution in [0.15, 0.2) is 42.6 Å². The molecule has 5 heterocycles. The van der Waals surface area contributed by atoms with Crippen LogP contribution in [0.3, 0.4) is 0 Å². The van der Waals surface area contributed by atoms with Gasteiger partial charge >= 0.3 is 30.3 Å². The molecule has 56 heavy (non-hydrogen) atoms. The molecule has 2 aromatic heterocycles. The summed E-state index contributed by atoms with van der Waals surface area (Å²) in [5, 5.41) is 16.9. The van der Waals surface area contributed by atoms with E-state index >= 15 is 4.39 Å². The first-order valence-electron chi connectivity index (χ1n) is 17.3. The number of fused-ring (bicyclic) bond motifs is 5. The predicted octanol–water partition coefficient (Wildman–Crippen LogP) is 8.39. The minimum absolute atomic E-state index is 0.0128. The summed E-state index contributed by atoms with van der Waals surface area (Å²) in [5.74, 6) is -7.11. The molecule has 3 unspecified atom stereocenters. The second-order valence-electron chi connectivity index (χ2n) is 14.3. The SMILES string of the molecule is Fc1c(-c2cccc3cccc(Cl)c23)ncc2c(N3CC4CCC(C4)C3)nc(OCC34CCCN3CC(F)(F)C4)nc12.O=C(O)C(F)(F)F.O=C(O)C(F)(F)F. The van der Waals surface area contributed by atoms with Crippen molar-refractivity contribution in [2.45, 2.75) is 62.3 Å². The molecule has 20 heteroatoms. The molecule has 302 valence electrons. The summed E-state index contributed by atoms with van der Waals surface area (Å²) in [7, 11) is 0. The predicted molar refractivity (Wildman–Crippen MR) is 184 cm³/mol. The van der Waals surface area contributed by atoms with E-state index < -0.39 is 41.6 Å². The standard InChI is InChI=1S/C32H31ClF3N5O.2C2HF3O2/c33-24-7-2-5-21-4-1-6-22(25(21)24)27-26(34)28-23(13-37-27)29(40-14-19-8-9-20(12-19)15-40)39-30(38-28)42-18-31-10-3-11-41(31)17-32(35,36)16-31;2*3-2(4,5)1(6)7/h1-2,4-7,13,19-20H,3,8-12,14-18H2;2*(H,6,7). The molecular weight excluding hydrogens is 789 g/mol. The molecule has 2 bridgehead atoms. The van der Waals surface area contributed by atoms with E-state index in [0.717, 1.165) is 24.9 Å². The molecule has 4 aliphatic rings. The zero-order valence-electron chi connectivity index (χ0n) is 29.1. The lowest BCUT2D eigenvalue weighted by atomic mass is 9.94. The van der Waals surface area contributed by atoms with E-state index in [2.05, 4.69) is 14.9 Å². The van der Waals surface area contributed by atoms with Gasteiger partial charge in [-0.15, -0.1) is 0 Å². The van der Waals surface area contributed by atoms with Gasteiger partial charge in [0.1, 0.15) is 23.6 Å². The molecule has 0 radical (unpaired) electrons. The molecule has 0 amide bonds. The van der Waals surface area contributed by atoms with Crippen LogP contribution in [0.25, 0.3) is 32.9 Å². The molecular formula is C36H33ClF9N5O5. The van der Waals surface area contributed by atoms with Crippen LogP contribution in [-0.4, -0.2) is 98.6 Å². The summed E-state index contributed by atoms with van der Waals surface area (Å²) in [6.45, 7) is 2.06. The summed E-state index contributed by atoms with van der Waals surface area (Å²) in [4.78, 5) is 35.8. The average Bonchev–Trinajstić information content (AvgIpc) is 3.74. The Kier molecular flexibility index (Phi) is 11.2. The lowest BCUT2D eigenvalue weighted by Crippen LogP contribution is -2.43. The second-order valence-corrected chi connectivity index (χ2v) is 14.7. The Morgan fingerprint density at radius 2 is 1.55 bits per heavy atom. The number of halogens is 10. The maximum Gasteiger partial charge on any atom is 0.490 e. The number of pyridine rings is 1. The number of nitrogens with zero attached hydrogens (tertiary/aromatic N) is 5. The minimum atomic E-state index is -5.08. The number of hydrogen-bond acceptors (Lipinski definition) is 8. The molecule has 3 saturated heterocycles. The number of benzene rings is 2. The molecule has 3 aliphatic heterocycles. The zero-order chi connectivity index (χ0) is 40.8. The third kappa shape index (κ3) is 8.67. The fraction of sp³-hybridized carbons (Fsp3) is 0.472. The zero-order valence-corrected chi connectivity index (χ0v) is 29.9. The van der Waals surface area contributed by atoms with Crippen molar-refractivity contribution in [2.24, 2.45) is 11.8 Å². The van der Waals surface area contributed by atoms with Gasteiger partial charge in [0.05, 0.1) is 17.5 Å². The maximum atomic E-state index is 16.6. The monoisotopic (exact) mass is 821 g/mol. The Labute approximate surface area is 317 Å². The minimum Gasteiger partial charge on any atom is -0.475 e. The number of hydrogen-bond donors (Lipinski definition) is 2. The Balaban J connectivity index is 0.000000326. The van der Waals surface area contributed by atoms with Crippen molar-refractivity contribution in [3.63, 3.8) is 0 Å². The van der Waals surface area contributed by atoms with Gasteiger partial charge in [-0.1, -0.05) is 41.9 Å². The van der Waals surface area contributed by atoms with E-state index in [9.17, 15) is 35.1 Å². The largest absolute Gasteiger partial charge is 0.490 e.